The zero-order valence-corrected chi connectivity index (χ0v) is 32.2. The van der Waals surface area contributed by atoms with Crippen molar-refractivity contribution in [1.29, 1.82) is 0 Å². The molecule has 3 amide bonds. The molecule has 284 valence electrons. The summed E-state index contributed by atoms with van der Waals surface area (Å²) >= 11 is 0. The van der Waals surface area contributed by atoms with Gasteiger partial charge in [0, 0.05) is 29.6 Å². The van der Waals surface area contributed by atoms with Crippen LogP contribution in [0.1, 0.15) is 68.7 Å². The lowest BCUT2D eigenvalue weighted by Gasteiger charge is -2.22. The molecule has 0 unspecified atom stereocenters. The predicted molar refractivity (Wildman–Crippen MR) is 216 cm³/mol. The quantitative estimate of drug-likeness (QED) is 0.0772. The maximum absolute atomic E-state index is 13.1. The molecule has 55 heavy (non-hydrogen) atoms. The van der Waals surface area contributed by atoms with E-state index in [2.05, 4.69) is 86.2 Å². The molecule has 0 atom stereocenters. The first kappa shape index (κ1) is 38.4. The van der Waals surface area contributed by atoms with E-state index in [4.69, 9.17) is 9.47 Å². The second-order valence-electron chi connectivity index (χ2n) is 15.1. The second-order valence-corrected chi connectivity index (χ2v) is 15.1. The maximum atomic E-state index is 13.1. The number of nitrogens with one attached hydrogen (secondary N) is 5. The highest BCUT2D eigenvalue weighted by Crippen LogP contribution is 2.33. The molecule has 3 heterocycles. The number of carbonyl (C=O) groups is 2. The SMILES string of the molecule is Cc1ccc(-c2cc(NC(=O)Nc3ccc(OCc4ccnc(Nc5cnc(C(=O)NCCOC(C)(C)C)cn5)c4)c4ccccc34)n[nH]2)cc1C(C)(C)C. The number of pyridine rings is 1. The van der Waals surface area contributed by atoms with Crippen molar-refractivity contribution in [3.63, 3.8) is 0 Å². The fraction of sp³-hybridized carbons (Fsp3) is 0.286. The van der Waals surface area contributed by atoms with Crippen LogP contribution in [-0.2, 0) is 16.8 Å². The van der Waals surface area contributed by atoms with Crippen molar-refractivity contribution in [2.24, 2.45) is 0 Å². The van der Waals surface area contributed by atoms with Crippen LogP contribution in [0, 0.1) is 6.92 Å². The van der Waals surface area contributed by atoms with E-state index < -0.39 is 6.03 Å². The number of aromatic nitrogens is 5. The van der Waals surface area contributed by atoms with Crippen molar-refractivity contribution in [3.05, 3.63) is 114 Å². The van der Waals surface area contributed by atoms with Crippen LogP contribution < -0.4 is 26.0 Å². The summed E-state index contributed by atoms with van der Waals surface area (Å²) in [6.45, 7) is 15.6. The van der Waals surface area contributed by atoms with Crippen LogP contribution in [0.25, 0.3) is 22.0 Å². The van der Waals surface area contributed by atoms with Crippen molar-refractivity contribution >= 4 is 45.9 Å². The van der Waals surface area contributed by atoms with Crippen molar-refractivity contribution in [3.8, 4) is 17.0 Å². The number of H-pyrrole nitrogens is 1. The van der Waals surface area contributed by atoms with E-state index in [1.165, 1.54) is 23.5 Å². The third kappa shape index (κ3) is 10.2. The van der Waals surface area contributed by atoms with Gasteiger partial charge in [0.25, 0.3) is 5.91 Å². The second kappa shape index (κ2) is 16.4. The number of nitrogens with zero attached hydrogens (tertiary/aromatic N) is 4. The van der Waals surface area contributed by atoms with Crippen LogP contribution in [0.3, 0.4) is 0 Å². The average molecular weight is 742 g/mol. The lowest BCUT2D eigenvalue weighted by atomic mass is 9.83. The first-order valence-corrected chi connectivity index (χ1v) is 18.1. The third-order valence-corrected chi connectivity index (χ3v) is 8.59. The smallest absolute Gasteiger partial charge is 0.324 e. The van der Waals surface area contributed by atoms with Gasteiger partial charge in [-0.15, -0.1) is 0 Å². The molecule has 13 heteroatoms. The highest BCUT2D eigenvalue weighted by molar-refractivity contribution is 6.07. The Morgan fingerprint density at radius 1 is 0.800 bits per heavy atom. The summed E-state index contributed by atoms with van der Waals surface area (Å²) in [6, 6.07) is 22.8. The van der Waals surface area contributed by atoms with Crippen molar-refractivity contribution in [2.45, 2.75) is 66.1 Å². The highest BCUT2D eigenvalue weighted by Gasteiger charge is 2.18. The first-order valence-electron chi connectivity index (χ1n) is 18.1. The zero-order chi connectivity index (χ0) is 39.2. The number of aryl methyl sites for hydroxylation is 1. The minimum absolute atomic E-state index is 0.000759. The summed E-state index contributed by atoms with van der Waals surface area (Å²) in [5.74, 6) is 1.71. The lowest BCUT2D eigenvalue weighted by Crippen LogP contribution is -2.31. The van der Waals surface area contributed by atoms with Crippen LogP contribution in [0.4, 0.5) is 27.9 Å². The standard InChI is InChI=1S/C42H47N9O4/c1-26-12-13-28(21-31(26)41(2,3)4)33-22-37(51-50-33)49-40(53)47-32-14-15-35(30-11-9-8-10-29(30)32)54-25-27-16-17-43-36(20-27)48-38-24-45-34(23-46-38)39(52)44-18-19-55-42(5,6)7/h8-17,20-24H,18-19,25H2,1-7H3,(H,44,52)(H,43,46,48)(H3,47,49,50,51,53). The predicted octanol–water partition coefficient (Wildman–Crippen LogP) is 8.53. The summed E-state index contributed by atoms with van der Waals surface area (Å²) < 4.78 is 11.9. The van der Waals surface area contributed by atoms with E-state index in [1.807, 2.05) is 81.4 Å². The van der Waals surface area contributed by atoms with Crippen LogP contribution in [0.5, 0.6) is 5.75 Å². The van der Waals surface area contributed by atoms with Gasteiger partial charge in [-0.1, -0.05) is 57.2 Å². The summed E-state index contributed by atoms with van der Waals surface area (Å²) in [7, 11) is 0. The van der Waals surface area contributed by atoms with Gasteiger partial charge in [-0.25, -0.2) is 19.7 Å². The van der Waals surface area contributed by atoms with Gasteiger partial charge in [0.15, 0.2) is 5.82 Å². The van der Waals surface area contributed by atoms with E-state index in [-0.39, 0.29) is 29.2 Å². The summed E-state index contributed by atoms with van der Waals surface area (Å²) in [6.07, 6.45) is 4.56. The Labute approximate surface area is 320 Å². The Kier molecular flexibility index (Phi) is 11.4. The fourth-order valence-corrected chi connectivity index (χ4v) is 5.95. The number of aromatic amines is 1. The first-order chi connectivity index (χ1) is 26.2. The molecule has 0 radical (unpaired) electrons. The monoisotopic (exact) mass is 741 g/mol. The van der Waals surface area contributed by atoms with Crippen LogP contribution >= 0.6 is 0 Å². The van der Waals surface area contributed by atoms with Gasteiger partial charge >= 0.3 is 6.03 Å². The van der Waals surface area contributed by atoms with Gasteiger partial charge in [-0.2, -0.15) is 5.10 Å². The number of benzene rings is 3. The van der Waals surface area contributed by atoms with Gasteiger partial charge < -0.3 is 25.4 Å². The number of rotatable bonds is 12. The molecule has 0 spiro atoms. The lowest BCUT2D eigenvalue weighted by molar-refractivity contribution is -0.000672. The molecule has 0 aliphatic heterocycles. The minimum Gasteiger partial charge on any atom is -0.488 e. The zero-order valence-electron chi connectivity index (χ0n) is 32.2. The van der Waals surface area contributed by atoms with E-state index >= 15 is 0 Å². The molecule has 0 aliphatic carbocycles. The molecule has 3 aromatic heterocycles. The molecule has 6 rings (SSSR count). The molecular weight excluding hydrogens is 695 g/mol. The molecule has 6 aromatic rings. The highest BCUT2D eigenvalue weighted by atomic mass is 16.5. The molecule has 0 aliphatic rings. The molecule has 0 saturated heterocycles. The molecule has 13 nitrogen and oxygen atoms in total. The maximum Gasteiger partial charge on any atom is 0.324 e. The normalized spacial score (nSPS) is 11.6. The Balaban J connectivity index is 1.05. The molecule has 5 N–H and O–H groups in total. The topological polar surface area (TPSA) is 168 Å². The average Bonchev–Trinajstić information content (AvgIpc) is 3.61. The van der Waals surface area contributed by atoms with E-state index in [0.29, 0.717) is 42.0 Å². The van der Waals surface area contributed by atoms with Crippen molar-refractivity contribution in [2.75, 3.05) is 29.1 Å². The van der Waals surface area contributed by atoms with E-state index in [9.17, 15) is 9.59 Å². The van der Waals surface area contributed by atoms with Crippen LogP contribution in [-0.4, -0.2) is 55.8 Å². The number of hydrogen-bond donors (Lipinski definition) is 5. The van der Waals surface area contributed by atoms with Gasteiger partial charge in [0.2, 0.25) is 0 Å². The molecule has 0 saturated carbocycles. The third-order valence-electron chi connectivity index (χ3n) is 8.59. The van der Waals surface area contributed by atoms with Crippen LogP contribution in [0.2, 0.25) is 0 Å². The number of hydrogen-bond acceptors (Lipinski definition) is 9. The fourth-order valence-electron chi connectivity index (χ4n) is 5.95. The number of anilines is 4. The van der Waals surface area contributed by atoms with Crippen molar-refractivity contribution in [1.82, 2.24) is 30.5 Å². The van der Waals surface area contributed by atoms with E-state index in [1.54, 1.807) is 6.20 Å². The Hall–Kier alpha value is -6.34. The minimum atomic E-state index is -0.419. The summed E-state index contributed by atoms with van der Waals surface area (Å²) in [4.78, 5) is 38.5. The van der Waals surface area contributed by atoms with Gasteiger partial charge in [-0.3, -0.25) is 15.2 Å². The molecule has 0 bridgehead atoms. The molecule has 3 aromatic carbocycles. The largest absolute Gasteiger partial charge is 0.488 e. The Morgan fingerprint density at radius 2 is 1.60 bits per heavy atom. The van der Waals surface area contributed by atoms with Gasteiger partial charge in [0.05, 0.1) is 36.0 Å². The summed E-state index contributed by atoms with van der Waals surface area (Å²) in [5.41, 5.74) is 5.71. The molecule has 0 fully saturated rings. The van der Waals surface area contributed by atoms with Gasteiger partial charge in [-0.05, 0) is 85.7 Å². The van der Waals surface area contributed by atoms with Gasteiger partial charge in [0.1, 0.15) is 29.7 Å². The Morgan fingerprint density at radius 3 is 2.35 bits per heavy atom. The van der Waals surface area contributed by atoms with Crippen LogP contribution in [0.15, 0.2) is 91.4 Å². The Bertz CT molecular complexity index is 2290. The van der Waals surface area contributed by atoms with Crippen molar-refractivity contribution < 1.29 is 19.1 Å². The number of amides is 3. The number of ether oxygens (including phenoxy) is 2. The molecular formula is C42H47N9O4. The number of urea groups is 1. The number of fused-ring (bicyclic) bond motifs is 1. The number of carbonyl (C=O) groups excluding carboxylic acids is 2. The summed E-state index contributed by atoms with van der Waals surface area (Å²) in [5, 5.41) is 20.7. The van der Waals surface area contributed by atoms with E-state index in [0.717, 1.165) is 27.6 Å².